The Balaban J connectivity index is 1.86. The Labute approximate surface area is 142 Å². The lowest BCUT2D eigenvalue weighted by Gasteiger charge is -2.20. The van der Waals surface area contributed by atoms with E-state index in [9.17, 15) is 18.0 Å². The molecule has 6 heteroatoms. The van der Waals surface area contributed by atoms with Crippen molar-refractivity contribution in [1.29, 1.82) is 0 Å². The molecule has 2 aromatic carbocycles. The highest BCUT2D eigenvalue weighted by Gasteiger charge is 2.37. The number of rotatable bonds is 4. The topological polar surface area (TPSA) is 29.1 Å². The predicted molar refractivity (Wildman–Crippen MR) is 85.8 cm³/mol. The maximum Gasteiger partial charge on any atom is 0.417 e. The molecule has 0 aliphatic heterocycles. The summed E-state index contributed by atoms with van der Waals surface area (Å²) in [7, 11) is 0. The van der Waals surface area contributed by atoms with E-state index in [2.05, 4.69) is 5.32 Å². The molecule has 2 nitrogen and oxygen atoms in total. The minimum Gasteiger partial charge on any atom is -0.345 e. The number of amides is 1. The van der Waals surface area contributed by atoms with E-state index in [0.717, 1.165) is 24.5 Å². The van der Waals surface area contributed by atoms with Crippen molar-refractivity contribution in [2.45, 2.75) is 25.1 Å². The van der Waals surface area contributed by atoms with Crippen LogP contribution in [0.5, 0.6) is 0 Å². The third-order valence-corrected chi connectivity index (χ3v) is 4.34. The standard InChI is InChI=1S/C18H15ClF3NO/c19-13-9-7-12(8-10-13)16(11-5-6-11)23-17(24)14-3-1-2-4-15(14)18(20,21)22/h1-4,7-11,16H,5-6H2,(H,23,24)/t16-/m1/s1. The molecule has 1 fully saturated rings. The van der Waals surface area contributed by atoms with Crippen molar-refractivity contribution in [1.82, 2.24) is 5.32 Å². The fraction of sp³-hybridized carbons (Fsp3) is 0.278. The van der Waals surface area contributed by atoms with E-state index in [4.69, 9.17) is 11.6 Å². The molecule has 1 saturated carbocycles. The van der Waals surface area contributed by atoms with Gasteiger partial charge in [-0.05, 0) is 48.6 Å². The van der Waals surface area contributed by atoms with E-state index in [1.807, 2.05) is 0 Å². The second kappa shape index (κ2) is 6.48. The third-order valence-electron chi connectivity index (χ3n) is 4.09. The van der Waals surface area contributed by atoms with Crippen LogP contribution in [0.15, 0.2) is 48.5 Å². The molecular weight excluding hydrogens is 339 g/mol. The highest BCUT2D eigenvalue weighted by atomic mass is 35.5. The van der Waals surface area contributed by atoms with Gasteiger partial charge in [0.25, 0.3) is 5.91 Å². The first-order valence-corrected chi connectivity index (χ1v) is 7.96. The number of benzene rings is 2. The summed E-state index contributed by atoms with van der Waals surface area (Å²) in [5, 5.41) is 3.33. The fourth-order valence-corrected chi connectivity index (χ4v) is 2.85. The normalized spacial score (nSPS) is 15.8. The summed E-state index contributed by atoms with van der Waals surface area (Å²) in [5.41, 5.74) is -0.433. The SMILES string of the molecule is O=C(N[C@@H](c1ccc(Cl)cc1)C1CC1)c1ccccc1C(F)(F)F. The maximum absolute atomic E-state index is 13.1. The van der Waals surface area contributed by atoms with Crippen LogP contribution < -0.4 is 5.32 Å². The highest BCUT2D eigenvalue weighted by Crippen LogP contribution is 2.41. The van der Waals surface area contributed by atoms with Crippen LogP contribution in [-0.4, -0.2) is 5.91 Å². The number of hydrogen-bond acceptors (Lipinski definition) is 1. The van der Waals surface area contributed by atoms with Gasteiger partial charge < -0.3 is 5.32 Å². The summed E-state index contributed by atoms with van der Waals surface area (Å²) < 4.78 is 39.3. The summed E-state index contributed by atoms with van der Waals surface area (Å²) in [6, 6.07) is 11.5. The minimum atomic E-state index is -4.57. The molecule has 1 aliphatic rings. The van der Waals surface area contributed by atoms with Crippen LogP contribution in [0.25, 0.3) is 0 Å². The van der Waals surface area contributed by atoms with Gasteiger partial charge in [0.05, 0.1) is 17.2 Å². The molecule has 0 bridgehead atoms. The Hall–Kier alpha value is -2.01. The fourth-order valence-electron chi connectivity index (χ4n) is 2.72. The molecule has 1 amide bonds. The van der Waals surface area contributed by atoms with Crippen molar-refractivity contribution in [2.75, 3.05) is 0 Å². The Kier molecular flexibility index (Phi) is 4.54. The first-order valence-electron chi connectivity index (χ1n) is 7.59. The first kappa shape index (κ1) is 16.8. The molecule has 1 aliphatic carbocycles. The van der Waals surface area contributed by atoms with Gasteiger partial charge in [0.1, 0.15) is 0 Å². The van der Waals surface area contributed by atoms with Gasteiger partial charge >= 0.3 is 6.18 Å². The maximum atomic E-state index is 13.1. The molecule has 126 valence electrons. The zero-order chi connectivity index (χ0) is 17.3. The van der Waals surface area contributed by atoms with Crippen LogP contribution >= 0.6 is 11.6 Å². The van der Waals surface area contributed by atoms with Crippen LogP contribution in [-0.2, 0) is 6.18 Å². The largest absolute Gasteiger partial charge is 0.417 e. The second-order valence-electron chi connectivity index (χ2n) is 5.88. The number of alkyl halides is 3. The number of carbonyl (C=O) groups excluding carboxylic acids is 1. The summed E-state index contributed by atoms with van der Waals surface area (Å²) in [4.78, 5) is 12.5. The van der Waals surface area contributed by atoms with E-state index >= 15 is 0 Å². The number of nitrogens with one attached hydrogen (secondary N) is 1. The summed E-state index contributed by atoms with van der Waals surface area (Å²) >= 11 is 5.87. The number of halogens is 4. The van der Waals surface area contributed by atoms with Crippen LogP contribution in [0.2, 0.25) is 5.02 Å². The predicted octanol–water partition coefficient (Wildman–Crippen LogP) is 5.24. The molecule has 0 heterocycles. The Morgan fingerprint density at radius 1 is 1.08 bits per heavy atom. The Bertz CT molecular complexity index is 739. The molecule has 0 saturated heterocycles. The zero-order valence-electron chi connectivity index (χ0n) is 12.6. The lowest BCUT2D eigenvalue weighted by molar-refractivity contribution is -0.137. The van der Waals surface area contributed by atoms with Gasteiger partial charge in [0, 0.05) is 5.02 Å². The Morgan fingerprint density at radius 2 is 1.71 bits per heavy atom. The quantitative estimate of drug-likeness (QED) is 0.800. The van der Waals surface area contributed by atoms with Crippen molar-refractivity contribution in [3.63, 3.8) is 0 Å². The summed E-state index contributed by atoms with van der Waals surface area (Å²) in [6.45, 7) is 0. The molecular formula is C18H15ClF3NO. The Morgan fingerprint density at radius 3 is 2.29 bits per heavy atom. The van der Waals surface area contributed by atoms with Gasteiger partial charge in [-0.3, -0.25) is 4.79 Å². The van der Waals surface area contributed by atoms with Gasteiger partial charge in [0.15, 0.2) is 0 Å². The van der Waals surface area contributed by atoms with Gasteiger partial charge in [-0.1, -0.05) is 35.9 Å². The van der Waals surface area contributed by atoms with E-state index < -0.39 is 17.6 Å². The highest BCUT2D eigenvalue weighted by molar-refractivity contribution is 6.30. The minimum absolute atomic E-state index is 0.244. The van der Waals surface area contributed by atoms with Crippen LogP contribution in [0.3, 0.4) is 0 Å². The van der Waals surface area contributed by atoms with Crippen LogP contribution in [0, 0.1) is 5.92 Å². The van der Waals surface area contributed by atoms with Crippen molar-refractivity contribution >= 4 is 17.5 Å². The molecule has 0 unspecified atom stereocenters. The summed E-state index contributed by atoms with van der Waals surface area (Å²) in [5.74, 6) is -0.469. The number of hydrogen-bond donors (Lipinski definition) is 1. The molecule has 0 aromatic heterocycles. The average molecular weight is 354 g/mol. The molecule has 3 rings (SSSR count). The lowest BCUT2D eigenvalue weighted by Crippen LogP contribution is -2.31. The monoisotopic (exact) mass is 353 g/mol. The molecule has 24 heavy (non-hydrogen) atoms. The lowest BCUT2D eigenvalue weighted by atomic mass is 10.0. The third kappa shape index (κ3) is 3.73. The second-order valence-corrected chi connectivity index (χ2v) is 6.32. The molecule has 0 spiro atoms. The van der Waals surface area contributed by atoms with Gasteiger partial charge in [-0.15, -0.1) is 0 Å². The smallest absolute Gasteiger partial charge is 0.345 e. The van der Waals surface area contributed by atoms with E-state index in [0.29, 0.717) is 5.02 Å². The molecule has 2 aromatic rings. The summed E-state index contributed by atoms with van der Waals surface area (Å²) in [6.07, 6.45) is -2.69. The van der Waals surface area contributed by atoms with E-state index in [-0.39, 0.29) is 17.5 Å². The van der Waals surface area contributed by atoms with E-state index in [1.54, 1.807) is 24.3 Å². The van der Waals surface area contributed by atoms with Crippen molar-refractivity contribution in [3.05, 3.63) is 70.2 Å². The van der Waals surface area contributed by atoms with Crippen molar-refractivity contribution in [3.8, 4) is 0 Å². The van der Waals surface area contributed by atoms with Gasteiger partial charge in [-0.25, -0.2) is 0 Å². The van der Waals surface area contributed by atoms with Crippen molar-refractivity contribution in [2.24, 2.45) is 5.92 Å². The average Bonchev–Trinajstić information content (AvgIpc) is 3.37. The van der Waals surface area contributed by atoms with Crippen LogP contribution in [0.1, 0.15) is 40.4 Å². The van der Waals surface area contributed by atoms with Gasteiger partial charge in [-0.2, -0.15) is 13.2 Å². The zero-order valence-corrected chi connectivity index (χ0v) is 13.4. The first-order chi connectivity index (χ1) is 11.4. The van der Waals surface area contributed by atoms with E-state index in [1.165, 1.54) is 18.2 Å². The van der Waals surface area contributed by atoms with Gasteiger partial charge in [0.2, 0.25) is 0 Å². The molecule has 1 N–H and O–H groups in total. The van der Waals surface area contributed by atoms with Crippen LogP contribution in [0.4, 0.5) is 13.2 Å². The van der Waals surface area contributed by atoms with Crippen molar-refractivity contribution < 1.29 is 18.0 Å². The molecule has 1 atom stereocenters. The number of carbonyl (C=O) groups is 1. The molecule has 0 radical (unpaired) electrons.